The average Bonchev–Trinajstić information content (AvgIpc) is 3.62. The summed E-state index contributed by atoms with van der Waals surface area (Å²) in [4.78, 5) is 45.6. The van der Waals surface area contributed by atoms with Crippen molar-refractivity contribution in [2.24, 2.45) is 0 Å². The SMILES string of the molecule is C=CCOC(=O)c1sc(N2C(=O)C(=O)C(=C(O)c3ccc4c(c3)CC(C)O4)C2c2ccc(OCC=C)cc2)nc1C. The van der Waals surface area contributed by atoms with Crippen molar-refractivity contribution in [3.05, 3.63) is 101 Å². The molecule has 0 aliphatic carbocycles. The number of aromatic nitrogens is 1. The fourth-order valence-corrected chi connectivity index (χ4v) is 5.83. The fourth-order valence-electron chi connectivity index (χ4n) is 4.85. The highest BCUT2D eigenvalue weighted by Crippen LogP contribution is 2.44. The number of benzene rings is 2. The molecule has 2 unspecified atom stereocenters. The molecule has 3 heterocycles. The van der Waals surface area contributed by atoms with Gasteiger partial charge in [-0.25, -0.2) is 9.78 Å². The van der Waals surface area contributed by atoms with Gasteiger partial charge in [-0.15, -0.1) is 0 Å². The molecular weight excluding hydrogens is 544 g/mol. The molecule has 3 aromatic rings. The maximum atomic E-state index is 13.6. The van der Waals surface area contributed by atoms with E-state index in [1.54, 1.807) is 55.5 Å². The number of aliphatic hydroxyl groups is 1. The molecule has 1 saturated heterocycles. The van der Waals surface area contributed by atoms with Gasteiger partial charge in [-0.3, -0.25) is 14.5 Å². The molecule has 41 heavy (non-hydrogen) atoms. The highest BCUT2D eigenvalue weighted by atomic mass is 32.1. The lowest BCUT2D eigenvalue weighted by Gasteiger charge is -2.23. The van der Waals surface area contributed by atoms with Crippen LogP contribution in [0.3, 0.4) is 0 Å². The normalized spacial score (nSPS) is 19.0. The van der Waals surface area contributed by atoms with Gasteiger partial charge in [-0.2, -0.15) is 0 Å². The second kappa shape index (κ2) is 11.4. The van der Waals surface area contributed by atoms with E-state index >= 15 is 0 Å². The predicted molar refractivity (Wildman–Crippen MR) is 154 cm³/mol. The molecule has 0 bridgehead atoms. The van der Waals surface area contributed by atoms with Crippen LogP contribution in [0, 0.1) is 6.92 Å². The number of carbonyl (C=O) groups excluding carboxylic acids is 3. The van der Waals surface area contributed by atoms with E-state index in [2.05, 4.69) is 18.1 Å². The second-order valence-electron chi connectivity index (χ2n) is 9.59. The van der Waals surface area contributed by atoms with E-state index in [4.69, 9.17) is 14.2 Å². The van der Waals surface area contributed by atoms with Gasteiger partial charge in [0.05, 0.1) is 17.3 Å². The van der Waals surface area contributed by atoms with Crippen LogP contribution in [-0.2, 0) is 20.7 Å². The molecular formula is C31H28N2O7S. The summed E-state index contributed by atoms with van der Waals surface area (Å²) in [6.07, 6.45) is 3.72. The molecule has 1 N–H and O–H groups in total. The number of anilines is 1. The van der Waals surface area contributed by atoms with Gasteiger partial charge in [0.2, 0.25) is 0 Å². The van der Waals surface area contributed by atoms with E-state index in [1.807, 2.05) is 6.92 Å². The Morgan fingerprint density at radius 1 is 1.17 bits per heavy atom. The van der Waals surface area contributed by atoms with E-state index in [9.17, 15) is 19.5 Å². The number of ether oxygens (including phenoxy) is 3. The summed E-state index contributed by atoms with van der Waals surface area (Å²) in [7, 11) is 0. The van der Waals surface area contributed by atoms with E-state index < -0.39 is 23.7 Å². The zero-order valence-corrected chi connectivity index (χ0v) is 23.4. The van der Waals surface area contributed by atoms with Gasteiger partial charge in [-0.05, 0) is 55.3 Å². The molecule has 1 aromatic heterocycles. The van der Waals surface area contributed by atoms with Crippen molar-refractivity contribution in [3.63, 3.8) is 0 Å². The summed E-state index contributed by atoms with van der Waals surface area (Å²) in [6.45, 7) is 11.1. The zero-order valence-electron chi connectivity index (χ0n) is 22.6. The molecule has 0 spiro atoms. The number of nitrogens with zero attached hydrogens (tertiary/aromatic N) is 2. The Morgan fingerprint density at radius 3 is 2.61 bits per heavy atom. The Balaban J connectivity index is 1.62. The summed E-state index contributed by atoms with van der Waals surface area (Å²) >= 11 is 0.936. The number of fused-ring (bicyclic) bond motifs is 1. The van der Waals surface area contributed by atoms with Crippen molar-refractivity contribution >= 4 is 39.9 Å². The molecule has 5 rings (SSSR count). The highest BCUT2D eigenvalue weighted by molar-refractivity contribution is 7.17. The molecule has 210 valence electrons. The molecule has 2 aliphatic heterocycles. The monoisotopic (exact) mass is 572 g/mol. The van der Waals surface area contributed by atoms with Crippen LogP contribution in [0.4, 0.5) is 5.13 Å². The molecule has 0 radical (unpaired) electrons. The summed E-state index contributed by atoms with van der Waals surface area (Å²) in [6, 6.07) is 11.0. The number of hydrogen-bond acceptors (Lipinski definition) is 9. The first-order chi connectivity index (χ1) is 19.7. The van der Waals surface area contributed by atoms with Gasteiger partial charge >= 0.3 is 11.9 Å². The lowest BCUT2D eigenvalue weighted by Crippen LogP contribution is -2.29. The van der Waals surface area contributed by atoms with Crippen molar-refractivity contribution in [2.45, 2.75) is 32.4 Å². The molecule has 2 aromatic carbocycles. The van der Waals surface area contributed by atoms with Crippen molar-refractivity contribution in [2.75, 3.05) is 18.1 Å². The standard InChI is InChI=1S/C31H28N2O7S/c1-5-13-38-22-10-7-19(8-11-22)25-24(26(34)20-9-12-23-21(16-20)15-17(3)40-23)27(35)29(36)33(25)31-32-18(4)28(41-31)30(37)39-14-6-2/h5-12,16-17,25,34H,1-2,13-15H2,3-4H3. The molecule has 2 aliphatic rings. The maximum Gasteiger partial charge on any atom is 0.350 e. The maximum absolute atomic E-state index is 13.6. The van der Waals surface area contributed by atoms with Crippen LogP contribution in [0.15, 0.2) is 73.3 Å². The van der Waals surface area contributed by atoms with Gasteiger partial charge in [0.15, 0.2) is 5.13 Å². The van der Waals surface area contributed by atoms with Crippen LogP contribution in [0.5, 0.6) is 11.5 Å². The summed E-state index contributed by atoms with van der Waals surface area (Å²) in [5, 5.41) is 11.6. The molecule has 9 nitrogen and oxygen atoms in total. The highest BCUT2D eigenvalue weighted by Gasteiger charge is 2.48. The molecule has 1 amide bonds. The number of Topliss-reactive ketones (excluding diaryl/α,β-unsaturated/α-hetero) is 1. The van der Waals surface area contributed by atoms with Crippen LogP contribution in [0.2, 0.25) is 0 Å². The quantitative estimate of drug-likeness (QED) is 0.121. The van der Waals surface area contributed by atoms with Gasteiger partial charge in [0.1, 0.15) is 41.5 Å². The van der Waals surface area contributed by atoms with Gasteiger partial charge in [0.25, 0.3) is 5.78 Å². The van der Waals surface area contributed by atoms with Gasteiger partial charge in [0, 0.05) is 12.0 Å². The van der Waals surface area contributed by atoms with Crippen LogP contribution in [0.25, 0.3) is 5.76 Å². The minimum Gasteiger partial charge on any atom is -0.507 e. The number of rotatable bonds is 9. The predicted octanol–water partition coefficient (Wildman–Crippen LogP) is 5.31. The minimum absolute atomic E-state index is 0.00434. The summed E-state index contributed by atoms with van der Waals surface area (Å²) in [5.41, 5.74) is 2.08. The third-order valence-corrected chi connectivity index (χ3v) is 7.82. The first-order valence-electron chi connectivity index (χ1n) is 12.9. The topological polar surface area (TPSA) is 115 Å². The van der Waals surface area contributed by atoms with E-state index in [0.29, 0.717) is 35.6 Å². The van der Waals surface area contributed by atoms with Gasteiger partial charge in [-0.1, -0.05) is 48.8 Å². The number of aryl methyl sites for hydroxylation is 1. The molecule has 10 heteroatoms. The van der Waals surface area contributed by atoms with E-state index in [0.717, 1.165) is 22.6 Å². The Morgan fingerprint density at radius 2 is 1.90 bits per heavy atom. The smallest absolute Gasteiger partial charge is 0.350 e. The number of amides is 1. The Labute approximate surface area is 241 Å². The van der Waals surface area contributed by atoms with Crippen LogP contribution in [0.1, 0.15) is 45.0 Å². The van der Waals surface area contributed by atoms with E-state index in [-0.39, 0.29) is 34.1 Å². The van der Waals surface area contributed by atoms with Gasteiger partial charge < -0.3 is 19.3 Å². The van der Waals surface area contributed by atoms with Crippen molar-refractivity contribution < 1.29 is 33.7 Å². The largest absolute Gasteiger partial charge is 0.507 e. The Bertz CT molecular complexity index is 1590. The zero-order chi connectivity index (χ0) is 29.3. The second-order valence-corrected chi connectivity index (χ2v) is 10.6. The third kappa shape index (κ3) is 5.26. The van der Waals surface area contributed by atoms with Crippen LogP contribution in [-0.4, -0.2) is 47.1 Å². The summed E-state index contributed by atoms with van der Waals surface area (Å²) < 4.78 is 16.5. The number of aliphatic hydroxyl groups excluding tert-OH is 1. The van der Waals surface area contributed by atoms with Crippen molar-refractivity contribution in [1.29, 1.82) is 0 Å². The van der Waals surface area contributed by atoms with Crippen molar-refractivity contribution in [3.8, 4) is 11.5 Å². The summed E-state index contributed by atoms with van der Waals surface area (Å²) in [5.74, 6) is -1.39. The lowest BCUT2D eigenvalue weighted by atomic mass is 9.94. The average molecular weight is 573 g/mol. The third-order valence-electron chi connectivity index (χ3n) is 6.69. The minimum atomic E-state index is -1.02. The first-order valence-corrected chi connectivity index (χ1v) is 13.7. The number of hydrogen-bond donors (Lipinski definition) is 1. The number of carbonyl (C=O) groups is 3. The van der Waals surface area contributed by atoms with Crippen LogP contribution >= 0.6 is 11.3 Å². The Hall–Kier alpha value is -4.70. The van der Waals surface area contributed by atoms with Crippen LogP contribution < -0.4 is 14.4 Å². The molecule has 1 fully saturated rings. The molecule has 2 atom stereocenters. The molecule has 0 saturated carbocycles. The first kappa shape index (κ1) is 27.9. The lowest BCUT2D eigenvalue weighted by molar-refractivity contribution is -0.132. The van der Waals surface area contributed by atoms with E-state index in [1.165, 1.54) is 11.0 Å². The van der Waals surface area contributed by atoms with Crippen molar-refractivity contribution in [1.82, 2.24) is 4.98 Å². The number of esters is 1. The fraction of sp³-hybridized carbons (Fsp3) is 0.226. The number of ketones is 1. The number of thiazole rings is 1. The Kier molecular flexibility index (Phi) is 7.76.